The summed E-state index contributed by atoms with van der Waals surface area (Å²) in [4.78, 5) is 27.7. The molecule has 24 heavy (non-hydrogen) atoms. The lowest BCUT2D eigenvalue weighted by molar-refractivity contribution is -0.140. The summed E-state index contributed by atoms with van der Waals surface area (Å²) in [5.74, 6) is 1.47. The van der Waals surface area contributed by atoms with Gasteiger partial charge in [-0.15, -0.1) is 0 Å². The van der Waals surface area contributed by atoms with E-state index in [1.165, 1.54) is 0 Å². The van der Waals surface area contributed by atoms with Crippen molar-refractivity contribution in [1.82, 2.24) is 19.8 Å². The van der Waals surface area contributed by atoms with Crippen LogP contribution >= 0.6 is 0 Å². The number of hydrogen-bond donors (Lipinski definition) is 0. The first-order valence-corrected chi connectivity index (χ1v) is 8.61. The Hall–Kier alpha value is -1.73. The summed E-state index contributed by atoms with van der Waals surface area (Å²) in [5.41, 5.74) is 1.09. The molecular weight excluding hydrogens is 306 g/mol. The molecule has 0 aliphatic carbocycles. The fraction of sp³-hybridized carbons (Fsp3) is 0.706. The van der Waals surface area contributed by atoms with Gasteiger partial charge in [0.05, 0.1) is 19.1 Å². The molecule has 2 atom stereocenters. The normalized spacial score (nSPS) is 25.0. The van der Waals surface area contributed by atoms with Gasteiger partial charge in [-0.2, -0.15) is 0 Å². The first kappa shape index (κ1) is 17.1. The van der Waals surface area contributed by atoms with Crippen LogP contribution in [0.15, 0.2) is 12.4 Å². The number of anilines is 1. The standard InChI is InChI=1S/C17H27N5O2/c1-13-10-21(11-14-8-18-17(19-9-14)20(2)3)12-15(13)16(23)22-4-6-24-7-5-22/h8-9,13,15H,4-7,10-12H2,1-3H3/t13-,15-/m1/s1. The summed E-state index contributed by atoms with van der Waals surface area (Å²) in [6.45, 7) is 7.49. The second-order valence-electron chi connectivity index (χ2n) is 7.00. The van der Waals surface area contributed by atoms with Gasteiger partial charge in [0.2, 0.25) is 11.9 Å². The number of hydrogen-bond acceptors (Lipinski definition) is 6. The van der Waals surface area contributed by atoms with Crippen molar-refractivity contribution in [3.63, 3.8) is 0 Å². The van der Waals surface area contributed by atoms with Crippen LogP contribution < -0.4 is 4.90 Å². The number of ether oxygens (including phenoxy) is 1. The maximum Gasteiger partial charge on any atom is 0.227 e. The number of rotatable bonds is 4. The highest BCUT2D eigenvalue weighted by molar-refractivity contribution is 5.79. The molecule has 0 aromatic carbocycles. The zero-order chi connectivity index (χ0) is 17.1. The highest BCUT2D eigenvalue weighted by atomic mass is 16.5. The van der Waals surface area contributed by atoms with Crippen LogP contribution in [0.2, 0.25) is 0 Å². The molecule has 132 valence electrons. The van der Waals surface area contributed by atoms with Crippen LogP contribution in [0.4, 0.5) is 5.95 Å². The first-order valence-electron chi connectivity index (χ1n) is 8.61. The molecule has 7 heteroatoms. The van der Waals surface area contributed by atoms with Crippen LogP contribution in [-0.2, 0) is 16.1 Å². The fourth-order valence-corrected chi connectivity index (χ4v) is 3.45. The Bertz CT molecular complexity index is 557. The molecule has 0 N–H and O–H groups in total. The minimum atomic E-state index is 0.0880. The van der Waals surface area contributed by atoms with Crippen molar-refractivity contribution < 1.29 is 9.53 Å². The highest BCUT2D eigenvalue weighted by Crippen LogP contribution is 2.26. The molecule has 0 saturated carbocycles. The lowest BCUT2D eigenvalue weighted by Crippen LogP contribution is -2.45. The van der Waals surface area contributed by atoms with Gasteiger partial charge < -0.3 is 14.5 Å². The quantitative estimate of drug-likeness (QED) is 0.798. The maximum atomic E-state index is 12.7. The van der Waals surface area contributed by atoms with Crippen LogP contribution in [0.5, 0.6) is 0 Å². The second-order valence-corrected chi connectivity index (χ2v) is 7.00. The van der Waals surface area contributed by atoms with Crippen LogP contribution in [0.1, 0.15) is 12.5 Å². The van der Waals surface area contributed by atoms with Crippen LogP contribution in [0.25, 0.3) is 0 Å². The van der Waals surface area contributed by atoms with Gasteiger partial charge >= 0.3 is 0 Å². The lowest BCUT2D eigenvalue weighted by Gasteiger charge is -2.30. The number of nitrogens with zero attached hydrogens (tertiary/aromatic N) is 5. The smallest absolute Gasteiger partial charge is 0.227 e. The summed E-state index contributed by atoms with van der Waals surface area (Å²) in [5, 5.41) is 0. The van der Waals surface area contributed by atoms with Crippen molar-refractivity contribution in [2.75, 3.05) is 58.4 Å². The molecular formula is C17H27N5O2. The first-order chi connectivity index (χ1) is 11.5. The Labute approximate surface area is 143 Å². The molecule has 0 bridgehead atoms. The average molecular weight is 333 g/mol. The molecule has 0 spiro atoms. The summed E-state index contributed by atoms with van der Waals surface area (Å²) >= 11 is 0. The number of carbonyl (C=O) groups excluding carboxylic acids is 1. The van der Waals surface area contributed by atoms with Crippen molar-refractivity contribution in [3.05, 3.63) is 18.0 Å². The zero-order valence-electron chi connectivity index (χ0n) is 14.8. The van der Waals surface area contributed by atoms with Crippen molar-refractivity contribution in [3.8, 4) is 0 Å². The number of amides is 1. The van der Waals surface area contributed by atoms with E-state index >= 15 is 0 Å². The van der Waals surface area contributed by atoms with Crippen molar-refractivity contribution >= 4 is 11.9 Å². The Balaban J connectivity index is 1.57. The second kappa shape index (κ2) is 7.44. The van der Waals surface area contributed by atoms with E-state index in [2.05, 4.69) is 21.8 Å². The summed E-state index contributed by atoms with van der Waals surface area (Å²) in [6, 6.07) is 0. The summed E-state index contributed by atoms with van der Waals surface area (Å²) in [7, 11) is 3.86. The van der Waals surface area contributed by atoms with Gasteiger partial charge in [0, 0.05) is 64.8 Å². The number of likely N-dealkylation sites (tertiary alicyclic amines) is 1. The zero-order valence-corrected chi connectivity index (χ0v) is 14.8. The van der Waals surface area contributed by atoms with Crippen LogP contribution in [0.3, 0.4) is 0 Å². The fourth-order valence-electron chi connectivity index (χ4n) is 3.45. The molecule has 7 nitrogen and oxygen atoms in total. The lowest BCUT2D eigenvalue weighted by atomic mass is 9.96. The van der Waals surface area contributed by atoms with Crippen LogP contribution in [0, 0.1) is 11.8 Å². The minimum absolute atomic E-state index is 0.0880. The van der Waals surface area contributed by atoms with Gasteiger partial charge in [-0.1, -0.05) is 6.92 Å². The van der Waals surface area contributed by atoms with E-state index in [1.54, 1.807) is 0 Å². The number of aromatic nitrogens is 2. The third kappa shape index (κ3) is 3.84. The number of morpholine rings is 1. The molecule has 2 aliphatic rings. The third-order valence-corrected chi connectivity index (χ3v) is 4.83. The summed E-state index contributed by atoms with van der Waals surface area (Å²) < 4.78 is 5.34. The molecule has 2 aliphatic heterocycles. The van der Waals surface area contributed by atoms with Crippen molar-refractivity contribution in [2.45, 2.75) is 13.5 Å². The summed E-state index contributed by atoms with van der Waals surface area (Å²) in [6.07, 6.45) is 3.76. The SMILES string of the molecule is C[C@@H]1CN(Cc2cnc(N(C)C)nc2)C[C@H]1C(=O)N1CCOCC1. The van der Waals surface area contributed by atoms with E-state index in [4.69, 9.17) is 4.74 Å². The van der Waals surface area contributed by atoms with Gasteiger partial charge in [-0.3, -0.25) is 9.69 Å². The van der Waals surface area contributed by atoms with E-state index in [1.807, 2.05) is 36.3 Å². The largest absolute Gasteiger partial charge is 0.378 e. The molecule has 3 rings (SSSR count). The van der Waals surface area contributed by atoms with E-state index in [9.17, 15) is 4.79 Å². The maximum absolute atomic E-state index is 12.7. The van der Waals surface area contributed by atoms with E-state index < -0.39 is 0 Å². The minimum Gasteiger partial charge on any atom is -0.378 e. The van der Waals surface area contributed by atoms with Gasteiger partial charge in [-0.05, 0) is 5.92 Å². The number of carbonyl (C=O) groups is 1. The van der Waals surface area contributed by atoms with E-state index in [-0.39, 0.29) is 11.8 Å². The predicted molar refractivity (Wildman–Crippen MR) is 91.7 cm³/mol. The van der Waals surface area contributed by atoms with Crippen molar-refractivity contribution in [2.24, 2.45) is 11.8 Å². The molecule has 0 radical (unpaired) electrons. The van der Waals surface area contributed by atoms with Crippen LogP contribution in [-0.4, -0.2) is 79.2 Å². The van der Waals surface area contributed by atoms with E-state index in [0.29, 0.717) is 25.1 Å². The van der Waals surface area contributed by atoms with E-state index in [0.717, 1.165) is 38.3 Å². The topological polar surface area (TPSA) is 61.8 Å². The monoisotopic (exact) mass is 333 g/mol. The van der Waals surface area contributed by atoms with Gasteiger partial charge in [-0.25, -0.2) is 9.97 Å². The van der Waals surface area contributed by atoms with Gasteiger partial charge in [0.15, 0.2) is 0 Å². The Morgan fingerprint density at radius 2 is 1.92 bits per heavy atom. The van der Waals surface area contributed by atoms with Gasteiger partial charge in [0.25, 0.3) is 0 Å². The van der Waals surface area contributed by atoms with Crippen molar-refractivity contribution in [1.29, 1.82) is 0 Å². The molecule has 2 saturated heterocycles. The molecule has 1 amide bonds. The molecule has 2 fully saturated rings. The Morgan fingerprint density at radius 3 is 2.54 bits per heavy atom. The third-order valence-electron chi connectivity index (χ3n) is 4.83. The Morgan fingerprint density at radius 1 is 1.25 bits per heavy atom. The molecule has 1 aromatic rings. The highest BCUT2D eigenvalue weighted by Gasteiger charge is 2.37. The average Bonchev–Trinajstić information content (AvgIpc) is 2.95. The molecule has 1 aromatic heterocycles. The predicted octanol–water partition coefficient (Wildman–Crippen LogP) is 0.469. The molecule has 0 unspecified atom stereocenters. The Kier molecular flexibility index (Phi) is 5.30. The van der Waals surface area contributed by atoms with Gasteiger partial charge in [0.1, 0.15) is 0 Å². The molecule has 3 heterocycles.